The molecule has 0 saturated carbocycles. The summed E-state index contributed by atoms with van der Waals surface area (Å²) in [5.41, 5.74) is 7.09. The van der Waals surface area contributed by atoms with Gasteiger partial charge in [0.25, 0.3) is 0 Å². The minimum absolute atomic E-state index is 0.178. The monoisotopic (exact) mass is 205 g/mol. The van der Waals surface area contributed by atoms with Crippen molar-refractivity contribution in [2.45, 2.75) is 12.5 Å². The molecule has 0 aliphatic carbocycles. The first-order valence-electron chi connectivity index (χ1n) is 5.03. The Labute approximate surface area is 89.5 Å². The highest BCUT2D eigenvalue weighted by atomic mass is 16.5. The first-order valence-corrected chi connectivity index (χ1v) is 5.03. The normalized spacial score (nSPS) is 16.8. The number of hydrogen-bond acceptors (Lipinski definition) is 3. The van der Waals surface area contributed by atoms with Crippen LogP contribution in [0.3, 0.4) is 0 Å². The van der Waals surface area contributed by atoms with Gasteiger partial charge in [0.1, 0.15) is 11.5 Å². The van der Waals surface area contributed by atoms with E-state index in [2.05, 4.69) is 0 Å². The van der Waals surface area contributed by atoms with Crippen LogP contribution in [-0.2, 0) is 4.74 Å². The number of ether oxygens (including phenoxy) is 2. The molecule has 0 fully saturated rings. The van der Waals surface area contributed by atoms with Gasteiger partial charge < -0.3 is 15.2 Å². The average Bonchev–Trinajstić information content (AvgIpc) is 2.81. The molecule has 1 atom stereocenters. The highest BCUT2D eigenvalue weighted by Crippen LogP contribution is 2.26. The van der Waals surface area contributed by atoms with Crippen molar-refractivity contribution in [2.24, 2.45) is 5.73 Å². The van der Waals surface area contributed by atoms with Crippen LogP contribution in [0.5, 0.6) is 5.75 Å². The fourth-order valence-corrected chi connectivity index (χ4v) is 1.65. The number of methoxy groups -OCH3 is 1. The molecule has 0 bridgehead atoms. The highest BCUT2D eigenvalue weighted by Gasteiger charge is 2.16. The van der Waals surface area contributed by atoms with Crippen molar-refractivity contribution in [3.05, 3.63) is 41.7 Å². The van der Waals surface area contributed by atoms with Gasteiger partial charge in [-0.3, -0.25) is 0 Å². The molecule has 1 aromatic carbocycles. The molecule has 80 valence electrons. The predicted molar refractivity (Wildman–Crippen MR) is 58.6 cm³/mol. The maximum absolute atomic E-state index is 6.08. The second kappa shape index (κ2) is 4.36. The van der Waals surface area contributed by atoms with E-state index in [1.807, 2.05) is 30.3 Å². The van der Waals surface area contributed by atoms with Gasteiger partial charge in [0.2, 0.25) is 0 Å². The molecule has 2 rings (SSSR count). The van der Waals surface area contributed by atoms with Crippen LogP contribution in [-0.4, -0.2) is 13.7 Å². The van der Waals surface area contributed by atoms with E-state index in [1.54, 1.807) is 7.11 Å². The summed E-state index contributed by atoms with van der Waals surface area (Å²) >= 11 is 0. The Balaban J connectivity index is 2.20. The maximum atomic E-state index is 6.08. The molecule has 0 spiro atoms. The van der Waals surface area contributed by atoms with Gasteiger partial charge >= 0.3 is 0 Å². The Morgan fingerprint density at radius 3 is 3.00 bits per heavy atom. The Morgan fingerprint density at radius 2 is 2.33 bits per heavy atom. The van der Waals surface area contributed by atoms with E-state index >= 15 is 0 Å². The summed E-state index contributed by atoms with van der Waals surface area (Å²) in [7, 11) is 1.65. The zero-order valence-electron chi connectivity index (χ0n) is 8.77. The highest BCUT2D eigenvalue weighted by molar-refractivity contribution is 5.33. The van der Waals surface area contributed by atoms with Crippen molar-refractivity contribution >= 4 is 0 Å². The van der Waals surface area contributed by atoms with Crippen LogP contribution >= 0.6 is 0 Å². The number of nitrogens with two attached hydrogens (primary N) is 1. The third kappa shape index (κ3) is 2.13. The molecular formula is C12H15NO2. The van der Waals surface area contributed by atoms with Crippen LogP contribution in [0.15, 0.2) is 36.1 Å². The van der Waals surface area contributed by atoms with Crippen LogP contribution in [0.2, 0.25) is 0 Å². The molecule has 1 aliphatic rings. The third-order valence-corrected chi connectivity index (χ3v) is 2.49. The van der Waals surface area contributed by atoms with Crippen molar-refractivity contribution in [1.29, 1.82) is 0 Å². The van der Waals surface area contributed by atoms with Crippen LogP contribution in [0.25, 0.3) is 0 Å². The largest absolute Gasteiger partial charge is 0.497 e. The van der Waals surface area contributed by atoms with Crippen LogP contribution in [0.4, 0.5) is 0 Å². The number of hydrogen-bond donors (Lipinski definition) is 1. The lowest BCUT2D eigenvalue weighted by molar-refractivity contribution is 0.225. The molecule has 2 N–H and O–H groups in total. The Kier molecular flexibility index (Phi) is 2.92. The standard InChI is InChI=1S/C12H15NO2/c1-14-10-5-2-4-9(8-10)12(13)11-6-3-7-15-11/h2,4-6,8,12H,3,7,13H2,1H3. The summed E-state index contributed by atoms with van der Waals surface area (Å²) in [5.74, 6) is 1.69. The van der Waals surface area contributed by atoms with Gasteiger partial charge in [0, 0.05) is 6.42 Å². The van der Waals surface area contributed by atoms with Gasteiger partial charge in [-0.2, -0.15) is 0 Å². The molecule has 3 heteroatoms. The molecule has 1 heterocycles. The fraction of sp³-hybridized carbons (Fsp3) is 0.333. The van der Waals surface area contributed by atoms with E-state index in [0.29, 0.717) is 0 Å². The summed E-state index contributed by atoms with van der Waals surface area (Å²) < 4.78 is 10.6. The van der Waals surface area contributed by atoms with Crippen molar-refractivity contribution in [3.63, 3.8) is 0 Å². The molecule has 0 radical (unpaired) electrons. The fourth-order valence-electron chi connectivity index (χ4n) is 1.65. The first kappa shape index (κ1) is 10.1. The summed E-state index contributed by atoms with van der Waals surface area (Å²) in [5, 5.41) is 0. The van der Waals surface area contributed by atoms with Crippen molar-refractivity contribution in [2.75, 3.05) is 13.7 Å². The minimum atomic E-state index is -0.178. The van der Waals surface area contributed by atoms with E-state index in [1.165, 1.54) is 0 Å². The topological polar surface area (TPSA) is 44.5 Å². The minimum Gasteiger partial charge on any atom is -0.497 e. The van der Waals surface area contributed by atoms with Gasteiger partial charge in [-0.15, -0.1) is 0 Å². The van der Waals surface area contributed by atoms with Gasteiger partial charge in [-0.25, -0.2) is 0 Å². The maximum Gasteiger partial charge on any atom is 0.119 e. The molecule has 15 heavy (non-hydrogen) atoms. The molecule has 1 unspecified atom stereocenters. The van der Waals surface area contributed by atoms with Crippen molar-refractivity contribution < 1.29 is 9.47 Å². The van der Waals surface area contributed by atoms with Crippen molar-refractivity contribution in [3.8, 4) is 5.75 Å². The van der Waals surface area contributed by atoms with E-state index in [0.717, 1.165) is 30.1 Å². The van der Waals surface area contributed by atoms with E-state index in [-0.39, 0.29) is 6.04 Å². The molecule has 0 aromatic heterocycles. The summed E-state index contributed by atoms with van der Waals surface area (Å²) in [6, 6.07) is 7.58. The Bertz CT molecular complexity index is 374. The van der Waals surface area contributed by atoms with Gasteiger partial charge in [-0.1, -0.05) is 12.1 Å². The van der Waals surface area contributed by atoms with Crippen molar-refractivity contribution in [1.82, 2.24) is 0 Å². The molecule has 0 amide bonds. The quantitative estimate of drug-likeness (QED) is 0.820. The lowest BCUT2D eigenvalue weighted by atomic mass is 10.1. The zero-order valence-corrected chi connectivity index (χ0v) is 8.77. The summed E-state index contributed by atoms with van der Waals surface area (Å²) in [4.78, 5) is 0. The predicted octanol–water partition coefficient (Wildman–Crippen LogP) is 2.00. The van der Waals surface area contributed by atoms with Crippen LogP contribution in [0, 0.1) is 0 Å². The van der Waals surface area contributed by atoms with E-state index in [4.69, 9.17) is 15.2 Å². The second-order valence-electron chi connectivity index (χ2n) is 3.50. The molecule has 0 saturated heterocycles. The molecule has 3 nitrogen and oxygen atoms in total. The van der Waals surface area contributed by atoms with E-state index < -0.39 is 0 Å². The molecule has 1 aliphatic heterocycles. The Morgan fingerprint density at radius 1 is 1.47 bits per heavy atom. The third-order valence-electron chi connectivity index (χ3n) is 2.49. The lowest BCUT2D eigenvalue weighted by Crippen LogP contribution is -2.13. The van der Waals surface area contributed by atoms with Gasteiger partial charge in [-0.05, 0) is 23.8 Å². The smallest absolute Gasteiger partial charge is 0.119 e. The average molecular weight is 205 g/mol. The number of benzene rings is 1. The second-order valence-corrected chi connectivity index (χ2v) is 3.50. The zero-order chi connectivity index (χ0) is 10.7. The van der Waals surface area contributed by atoms with Gasteiger partial charge in [0.15, 0.2) is 0 Å². The molecule has 1 aromatic rings. The number of rotatable bonds is 3. The summed E-state index contributed by atoms with van der Waals surface area (Å²) in [6.07, 6.45) is 3.00. The van der Waals surface area contributed by atoms with Crippen LogP contribution in [0.1, 0.15) is 18.0 Å². The van der Waals surface area contributed by atoms with E-state index in [9.17, 15) is 0 Å². The van der Waals surface area contributed by atoms with Crippen LogP contribution < -0.4 is 10.5 Å². The van der Waals surface area contributed by atoms with Gasteiger partial charge in [0.05, 0.1) is 19.8 Å². The Hall–Kier alpha value is -1.48. The summed E-state index contributed by atoms with van der Waals surface area (Å²) in [6.45, 7) is 0.743. The first-order chi connectivity index (χ1) is 7.31. The molecular weight excluding hydrogens is 190 g/mol. The lowest BCUT2D eigenvalue weighted by Gasteiger charge is -2.14. The SMILES string of the molecule is COc1cccc(C(N)C2=CCCO2)c1.